The number of aromatic nitrogens is 1. The second-order valence-electron chi connectivity index (χ2n) is 5.87. The third kappa shape index (κ3) is 4.01. The maximum atomic E-state index is 11.9. The Balaban J connectivity index is 1.86. The van der Waals surface area contributed by atoms with Crippen molar-refractivity contribution in [3.8, 4) is 5.75 Å². The summed E-state index contributed by atoms with van der Waals surface area (Å²) in [5, 5.41) is 0. The molecule has 0 aliphatic carbocycles. The lowest BCUT2D eigenvalue weighted by Crippen LogP contribution is -2.36. The van der Waals surface area contributed by atoms with Crippen LogP contribution in [0.25, 0.3) is 0 Å². The zero-order valence-electron chi connectivity index (χ0n) is 12.1. The van der Waals surface area contributed by atoms with Crippen LogP contribution in [0.15, 0.2) is 18.3 Å². The lowest BCUT2D eigenvalue weighted by molar-refractivity contribution is 0.0275. The molecule has 1 amide bonds. The van der Waals surface area contributed by atoms with Crippen LogP contribution in [0.1, 0.15) is 27.2 Å². The van der Waals surface area contributed by atoms with Crippen molar-refractivity contribution < 1.29 is 14.3 Å². The van der Waals surface area contributed by atoms with Crippen molar-refractivity contribution in [2.45, 2.75) is 38.9 Å². The minimum absolute atomic E-state index is 0.0343. The molecule has 1 aliphatic rings. The van der Waals surface area contributed by atoms with Gasteiger partial charge in [-0.1, -0.05) is 0 Å². The Bertz CT molecular complexity index is 468. The van der Waals surface area contributed by atoms with Gasteiger partial charge in [0.25, 0.3) is 0 Å². The zero-order valence-corrected chi connectivity index (χ0v) is 12.1. The molecule has 1 fully saturated rings. The van der Waals surface area contributed by atoms with Crippen LogP contribution < -0.4 is 10.5 Å². The molecule has 0 saturated carbocycles. The molecule has 110 valence electrons. The number of nitrogen functional groups attached to an aromatic ring is 1. The van der Waals surface area contributed by atoms with E-state index in [9.17, 15) is 4.79 Å². The lowest BCUT2D eigenvalue weighted by Gasteiger charge is -2.24. The first-order valence-electron chi connectivity index (χ1n) is 6.69. The number of nitrogens with zero attached hydrogens (tertiary/aromatic N) is 2. The highest BCUT2D eigenvalue weighted by Gasteiger charge is 2.30. The molecule has 0 spiro atoms. The van der Waals surface area contributed by atoms with Crippen LogP contribution in [0.5, 0.6) is 5.75 Å². The van der Waals surface area contributed by atoms with E-state index in [0.29, 0.717) is 24.7 Å². The van der Waals surface area contributed by atoms with Gasteiger partial charge in [-0.25, -0.2) is 9.78 Å². The van der Waals surface area contributed by atoms with Gasteiger partial charge in [-0.3, -0.25) is 0 Å². The van der Waals surface area contributed by atoms with Crippen molar-refractivity contribution in [2.24, 2.45) is 0 Å². The summed E-state index contributed by atoms with van der Waals surface area (Å²) in [6.45, 7) is 6.74. The summed E-state index contributed by atoms with van der Waals surface area (Å²) in [5.74, 6) is 1.12. The molecule has 20 heavy (non-hydrogen) atoms. The molecule has 1 aliphatic heterocycles. The fraction of sp³-hybridized carbons (Fsp3) is 0.571. The molecule has 0 bridgehead atoms. The van der Waals surface area contributed by atoms with E-state index < -0.39 is 5.60 Å². The third-order valence-electron chi connectivity index (χ3n) is 2.86. The van der Waals surface area contributed by atoms with Gasteiger partial charge in [0.05, 0.1) is 12.7 Å². The molecule has 1 aromatic heterocycles. The Hall–Kier alpha value is -1.98. The predicted molar refractivity (Wildman–Crippen MR) is 75.5 cm³/mol. The van der Waals surface area contributed by atoms with Gasteiger partial charge in [0.2, 0.25) is 0 Å². The molecular weight excluding hydrogens is 258 g/mol. The number of carbonyl (C=O) groups is 1. The molecular formula is C14H21N3O3. The Morgan fingerprint density at radius 1 is 1.45 bits per heavy atom. The van der Waals surface area contributed by atoms with Crippen molar-refractivity contribution in [1.29, 1.82) is 0 Å². The first-order valence-corrected chi connectivity index (χ1v) is 6.69. The number of ether oxygens (including phenoxy) is 2. The summed E-state index contributed by atoms with van der Waals surface area (Å²) in [5.41, 5.74) is 5.04. The highest BCUT2D eigenvalue weighted by atomic mass is 16.6. The van der Waals surface area contributed by atoms with Crippen LogP contribution in [0, 0.1) is 0 Å². The molecule has 1 atom stereocenters. The maximum absolute atomic E-state index is 11.9. The van der Waals surface area contributed by atoms with Crippen molar-refractivity contribution in [3.05, 3.63) is 18.3 Å². The molecule has 0 unspecified atom stereocenters. The van der Waals surface area contributed by atoms with Crippen LogP contribution in [0.2, 0.25) is 0 Å². The van der Waals surface area contributed by atoms with E-state index in [4.69, 9.17) is 15.2 Å². The van der Waals surface area contributed by atoms with Crippen molar-refractivity contribution in [3.63, 3.8) is 0 Å². The normalized spacial score (nSPS) is 18.9. The number of carbonyl (C=O) groups excluding carboxylic acids is 1. The van der Waals surface area contributed by atoms with E-state index in [2.05, 4.69) is 4.98 Å². The SMILES string of the molecule is CC(C)(C)OC(=O)N1CC[C@@H](Oc2ccc(N)nc2)C1. The van der Waals surface area contributed by atoms with Crippen LogP contribution in [0.4, 0.5) is 10.6 Å². The van der Waals surface area contributed by atoms with E-state index in [1.54, 1.807) is 23.2 Å². The van der Waals surface area contributed by atoms with Gasteiger partial charge in [0, 0.05) is 13.0 Å². The monoisotopic (exact) mass is 279 g/mol. The largest absolute Gasteiger partial charge is 0.487 e. The number of hydrogen-bond acceptors (Lipinski definition) is 5. The number of nitrogens with two attached hydrogens (primary N) is 1. The summed E-state index contributed by atoms with van der Waals surface area (Å²) in [7, 11) is 0. The fourth-order valence-electron chi connectivity index (χ4n) is 1.97. The van der Waals surface area contributed by atoms with Gasteiger partial charge in [0.1, 0.15) is 23.3 Å². The van der Waals surface area contributed by atoms with Crippen molar-refractivity contribution in [2.75, 3.05) is 18.8 Å². The Morgan fingerprint density at radius 3 is 2.80 bits per heavy atom. The highest BCUT2D eigenvalue weighted by Crippen LogP contribution is 2.20. The molecule has 2 rings (SSSR count). The summed E-state index contributed by atoms with van der Waals surface area (Å²) >= 11 is 0. The molecule has 1 aromatic rings. The predicted octanol–water partition coefficient (Wildman–Crippen LogP) is 2.05. The van der Waals surface area contributed by atoms with Crippen LogP contribution >= 0.6 is 0 Å². The average Bonchev–Trinajstić information content (AvgIpc) is 2.79. The number of hydrogen-bond donors (Lipinski definition) is 1. The molecule has 2 N–H and O–H groups in total. The Morgan fingerprint density at radius 2 is 2.20 bits per heavy atom. The highest BCUT2D eigenvalue weighted by molar-refractivity contribution is 5.68. The topological polar surface area (TPSA) is 77.7 Å². The number of pyridine rings is 1. The fourth-order valence-corrected chi connectivity index (χ4v) is 1.97. The number of rotatable bonds is 2. The second kappa shape index (κ2) is 5.56. The van der Waals surface area contributed by atoms with Gasteiger partial charge in [-0.2, -0.15) is 0 Å². The Labute approximate surface area is 118 Å². The van der Waals surface area contributed by atoms with E-state index in [1.165, 1.54) is 0 Å². The van der Waals surface area contributed by atoms with Gasteiger partial charge in [0.15, 0.2) is 0 Å². The van der Waals surface area contributed by atoms with Crippen LogP contribution in [-0.2, 0) is 4.74 Å². The lowest BCUT2D eigenvalue weighted by atomic mass is 10.2. The van der Waals surface area contributed by atoms with Gasteiger partial charge in [-0.05, 0) is 32.9 Å². The van der Waals surface area contributed by atoms with Crippen LogP contribution in [-0.4, -0.2) is 40.8 Å². The summed E-state index contributed by atoms with van der Waals surface area (Å²) in [4.78, 5) is 17.6. The molecule has 0 radical (unpaired) electrons. The summed E-state index contributed by atoms with van der Waals surface area (Å²) in [6.07, 6.45) is 2.04. The smallest absolute Gasteiger partial charge is 0.410 e. The van der Waals surface area contributed by atoms with E-state index in [1.807, 2.05) is 20.8 Å². The molecule has 2 heterocycles. The quantitative estimate of drug-likeness (QED) is 0.896. The minimum atomic E-state index is -0.475. The third-order valence-corrected chi connectivity index (χ3v) is 2.86. The van der Waals surface area contributed by atoms with E-state index in [-0.39, 0.29) is 12.2 Å². The first-order chi connectivity index (χ1) is 9.33. The standard InChI is InChI=1S/C14H21N3O3/c1-14(2,3)20-13(18)17-7-6-11(9-17)19-10-4-5-12(15)16-8-10/h4-5,8,11H,6-7,9H2,1-3H3,(H2,15,16)/t11-/m1/s1. The van der Waals surface area contributed by atoms with Gasteiger partial charge >= 0.3 is 6.09 Å². The molecule has 6 heteroatoms. The molecule has 0 aromatic carbocycles. The van der Waals surface area contributed by atoms with Crippen molar-refractivity contribution in [1.82, 2.24) is 9.88 Å². The van der Waals surface area contributed by atoms with E-state index >= 15 is 0 Å². The van der Waals surface area contributed by atoms with E-state index in [0.717, 1.165) is 6.42 Å². The number of amides is 1. The van der Waals surface area contributed by atoms with Gasteiger partial charge < -0.3 is 20.1 Å². The average molecular weight is 279 g/mol. The minimum Gasteiger partial charge on any atom is -0.487 e. The maximum Gasteiger partial charge on any atom is 0.410 e. The number of anilines is 1. The summed E-state index contributed by atoms with van der Waals surface area (Å²) in [6, 6.07) is 3.47. The Kier molecular flexibility index (Phi) is 4.01. The van der Waals surface area contributed by atoms with Crippen LogP contribution in [0.3, 0.4) is 0 Å². The van der Waals surface area contributed by atoms with Gasteiger partial charge in [-0.15, -0.1) is 0 Å². The molecule has 6 nitrogen and oxygen atoms in total. The zero-order chi connectivity index (χ0) is 14.8. The van der Waals surface area contributed by atoms with Crippen molar-refractivity contribution >= 4 is 11.9 Å². The second-order valence-corrected chi connectivity index (χ2v) is 5.87. The first kappa shape index (κ1) is 14.4. The molecule has 1 saturated heterocycles. The number of likely N-dealkylation sites (tertiary alicyclic amines) is 1. The summed E-state index contributed by atoms with van der Waals surface area (Å²) < 4.78 is 11.1.